The number of carbonyl (C=O) groups excluding carboxylic acids is 2. The molecule has 3 aromatic rings. The largest absolute Gasteiger partial charge is 0.494 e. The van der Waals surface area contributed by atoms with Gasteiger partial charge in [-0.1, -0.05) is 60.7 Å². The molecule has 1 atom stereocenters. The number of nitrogens with zero attached hydrogens (tertiary/aromatic N) is 2. The molecule has 1 aliphatic heterocycles. The SMILES string of the molecule is CCOc1ccc(N2CC(NC(=O)N(CCc3ccccc3)Cc3ccccc3)CC2=O)cc1. The number of benzene rings is 3. The van der Waals surface area contributed by atoms with Gasteiger partial charge in [-0.3, -0.25) is 4.79 Å². The van der Waals surface area contributed by atoms with Crippen LogP contribution in [0.25, 0.3) is 0 Å². The molecule has 1 heterocycles. The number of urea groups is 1. The molecule has 0 spiro atoms. The molecule has 34 heavy (non-hydrogen) atoms. The highest BCUT2D eigenvalue weighted by Crippen LogP contribution is 2.24. The van der Waals surface area contributed by atoms with E-state index in [1.165, 1.54) is 5.56 Å². The van der Waals surface area contributed by atoms with Crippen LogP contribution in [0.3, 0.4) is 0 Å². The van der Waals surface area contributed by atoms with Crippen LogP contribution in [-0.4, -0.2) is 42.6 Å². The third kappa shape index (κ3) is 6.16. The number of hydrogen-bond acceptors (Lipinski definition) is 3. The Morgan fingerprint density at radius 1 is 0.971 bits per heavy atom. The molecule has 6 nitrogen and oxygen atoms in total. The van der Waals surface area contributed by atoms with E-state index in [2.05, 4.69) is 17.4 Å². The molecular weight excluding hydrogens is 426 g/mol. The predicted octanol–water partition coefficient (Wildman–Crippen LogP) is 4.65. The lowest BCUT2D eigenvalue weighted by atomic mass is 10.1. The Labute approximate surface area is 201 Å². The maximum atomic E-state index is 13.3. The van der Waals surface area contributed by atoms with Gasteiger partial charge in [-0.25, -0.2) is 4.79 Å². The third-order valence-corrected chi connectivity index (χ3v) is 5.93. The van der Waals surface area contributed by atoms with Gasteiger partial charge in [0.25, 0.3) is 0 Å². The van der Waals surface area contributed by atoms with Crippen molar-refractivity contribution in [2.24, 2.45) is 0 Å². The second-order valence-corrected chi connectivity index (χ2v) is 8.42. The van der Waals surface area contributed by atoms with Crippen LogP contribution >= 0.6 is 0 Å². The van der Waals surface area contributed by atoms with Crippen molar-refractivity contribution in [1.29, 1.82) is 0 Å². The van der Waals surface area contributed by atoms with Gasteiger partial charge in [-0.15, -0.1) is 0 Å². The number of ether oxygens (including phenoxy) is 1. The summed E-state index contributed by atoms with van der Waals surface area (Å²) in [5.41, 5.74) is 3.07. The molecule has 176 valence electrons. The average Bonchev–Trinajstić information content (AvgIpc) is 3.23. The normalized spacial score (nSPS) is 15.3. The first-order chi connectivity index (χ1) is 16.6. The summed E-state index contributed by atoms with van der Waals surface area (Å²) in [4.78, 5) is 29.5. The number of nitrogens with one attached hydrogen (secondary N) is 1. The van der Waals surface area contributed by atoms with Crippen LogP contribution in [0.15, 0.2) is 84.9 Å². The monoisotopic (exact) mass is 457 g/mol. The van der Waals surface area contributed by atoms with Gasteiger partial charge in [0.05, 0.1) is 12.6 Å². The van der Waals surface area contributed by atoms with E-state index in [0.29, 0.717) is 26.2 Å². The lowest BCUT2D eigenvalue weighted by Crippen LogP contribution is -2.46. The van der Waals surface area contributed by atoms with Crippen LogP contribution in [0.4, 0.5) is 10.5 Å². The van der Waals surface area contributed by atoms with E-state index in [-0.39, 0.29) is 24.4 Å². The lowest BCUT2D eigenvalue weighted by Gasteiger charge is -2.25. The quantitative estimate of drug-likeness (QED) is 0.509. The van der Waals surface area contributed by atoms with E-state index in [4.69, 9.17) is 4.74 Å². The highest BCUT2D eigenvalue weighted by Gasteiger charge is 2.32. The molecule has 1 N–H and O–H groups in total. The molecule has 1 fully saturated rings. The summed E-state index contributed by atoms with van der Waals surface area (Å²) >= 11 is 0. The van der Waals surface area contributed by atoms with E-state index < -0.39 is 0 Å². The number of hydrogen-bond donors (Lipinski definition) is 1. The Morgan fingerprint density at radius 2 is 1.62 bits per heavy atom. The van der Waals surface area contributed by atoms with Gasteiger partial charge < -0.3 is 19.9 Å². The van der Waals surface area contributed by atoms with Crippen molar-refractivity contribution in [2.75, 3.05) is 24.6 Å². The van der Waals surface area contributed by atoms with Crippen LogP contribution in [0.5, 0.6) is 5.75 Å². The lowest BCUT2D eigenvalue weighted by molar-refractivity contribution is -0.117. The van der Waals surface area contributed by atoms with Gasteiger partial charge in [0.15, 0.2) is 0 Å². The zero-order valence-electron chi connectivity index (χ0n) is 19.5. The van der Waals surface area contributed by atoms with Crippen molar-refractivity contribution in [3.05, 3.63) is 96.1 Å². The third-order valence-electron chi connectivity index (χ3n) is 5.93. The van der Waals surface area contributed by atoms with Gasteiger partial charge in [-0.2, -0.15) is 0 Å². The van der Waals surface area contributed by atoms with Crippen molar-refractivity contribution in [3.8, 4) is 5.75 Å². The Morgan fingerprint density at radius 3 is 2.26 bits per heavy atom. The first-order valence-electron chi connectivity index (χ1n) is 11.8. The van der Waals surface area contributed by atoms with Crippen molar-refractivity contribution in [1.82, 2.24) is 10.2 Å². The van der Waals surface area contributed by atoms with E-state index in [1.54, 1.807) is 4.90 Å². The summed E-state index contributed by atoms with van der Waals surface area (Å²) < 4.78 is 5.49. The van der Waals surface area contributed by atoms with E-state index in [0.717, 1.165) is 23.4 Å². The topological polar surface area (TPSA) is 61.9 Å². The van der Waals surface area contributed by atoms with Crippen molar-refractivity contribution in [2.45, 2.75) is 32.4 Å². The molecule has 0 radical (unpaired) electrons. The molecule has 0 saturated carbocycles. The fraction of sp³-hybridized carbons (Fsp3) is 0.286. The number of amides is 3. The Kier molecular flexibility index (Phi) is 7.81. The minimum Gasteiger partial charge on any atom is -0.494 e. The molecule has 1 unspecified atom stereocenters. The van der Waals surface area contributed by atoms with Crippen LogP contribution in [0.2, 0.25) is 0 Å². The second-order valence-electron chi connectivity index (χ2n) is 8.42. The average molecular weight is 458 g/mol. The zero-order valence-corrected chi connectivity index (χ0v) is 19.5. The minimum absolute atomic E-state index is 0.00774. The van der Waals surface area contributed by atoms with Gasteiger partial charge in [0, 0.05) is 31.7 Å². The van der Waals surface area contributed by atoms with Gasteiger partial charge >= 0.3 is 6.03 Å². The minimum atomic E-state index is -0.235. The maximum Gasteiger partial charge on any atom is 0.318 e. The van der Waals surface area contributed by atoms with Crippen LogP contribution in [0, 0.1) is 0 Å². The standard InChI is InChI=1S/C28H31N3O3/c1-2-34-26-15-13-25(14-16-26)31-21-24(19-27(31)32)29-28(33)30(20-23-11-7-4-8-12-23)18-17-22-9-5-3-6-10-22/h3-16,24H,2,17-21H2,1H3,(H,29,33). The van der Waals surface area contributed by atoms with Crippen molar-refractivity contribution >= 4 is 17.6 Å². The number of rotatable bonds is 9. The van der Waals surface area contributed by atoms with E-state index >= 15 is 0 Å². The number of carbonyl (C=O) groups is 2. The molecule has 3 aromatic carbocycles. The Hall–Kier alpha value is -3.80. The van der Waals surface area contributed by atoms with Crippen molar-refractivity contribution < 1.29 is 14.3 Å². The van der Waals surface area contributed by atoms with Gasteiger partial charge in [0.1, 0.15) is 5.75 Å². The molecular formula is C28H31N3O3. The summed E-state index contributed by atoms with van der Waals surface area (Å²) in [6, 6.07) is 27.2. The molecule has 1 aliphatic rings. The molecule has 6 heteroatoms. The molecule has 4 rings (SSSR count). The summed E-state index contributed by atoms with van der Waals surface area (Å²) in [5, 5.41) is 3.10. The molecule has 3 amide bonds. The summed E-state index contributed by atoms with van der Waals surface area (Å²) in [5.74, 6) is 0.783. The summed E-state index contributed by atoms with van der Waals surface area (Å²) in [7, 11) is 0. The fourth-order valence-corrected chi connectivity index (χ4v) is 4.17. The highest BCUT2D eigenvalue weighted by molar-refractivity contribution is 5.96. The predicted molar refractivity (Wildman–Crippen MR) is 134 cm³/mol. The van der Waals surface area contributed by atoms with Crippen LogP contribution < -0.4 is 15.0 Å². The first kappa shape index (κ1) is 23.4. The smallest absolute Gasteiger partial charge is 0.318 e. The fourth-order valence-electron chi connectivity index (χ4n) is 4.17. The van der Waals surface area contributed by atoms with Gasteiger partial charge in [-0.05, 0) is 48.7 Å². The van der Waals surface area contributed by atoms with Gasteiger partial charge in [0.2, 0.25) is 5.91 Å². The molecule has 0 aliphatic carbocycles. The summed E-state index contributed by atoms with van der Waals surface area (Å²) in [6.07, 6.45) is 1.06. The highest BCUT2D eigenvalue weighted by atomic mass is 16.5. The maximum absolute atomic E-state index is 13.3. The Bertz CT molecular complexity index is 1070. The van der Waals surface area contributed by atoms with Crippen LogP contribution in [-0.2, 0) is 17.8 Å². The number of anilines is 1. The molecule has 0 aromatic heterocycles. The van der Waals surface area contributed by atoms with Crippen molar-refractivity contribution in [3.63, 3.8) is 0 Å². The van der Waals surface area contributed by atoms with E-state index in [1.807, 2.05) is 84.6 Å². The Balaban J connectivity index is 1.40. The summed E-state index contributed by atoms with van der Waals surface area (Å²) in [6.45, 7) is 4.10. The first-order valence-corrected chi connectivity index (χ1v) is 11.8. The van der Waals surface area contributed by atoms with E-state index in [9.17, 15) is 9.59 Å². The zero-order chi connectivity index (χ0) is 23.8. The molecule has 0 bridgehead atoms. The van der Waals surface area contributed by atoms with Crippen LogP contribution in [0.1, 0.15) is 24.5 Å². The molecule has 1 saturated heterocycles. The second kappa shape index (κ2) is 11.4.